The molecule has 0 aliphatic heterocycles. The van der Waals surface area contributed by atoms with Gasteiger partial charge >= 0.3 is 0 Å². The van der Waals surface area contributed by atoms with Gasteiger partial charge in [0, 0.05) is 29.8 Å². The third kappa shape index (κ3) is 2.19. The highest BCUT2D eigenvalue weighted by Gasteiger charge is 2.30. The van der Waals surface area contributed by atoms with E-state index in [9.17, 15) is 5.11 Å². The van der Waals surface area contributed by atoms with E-state index in [0.29, 0.717) is 0 Å². The minimum atomic E-state index is -0.511. The van der Waals surface area contributed by atoms with Crippen LogP contribution in [0.1, 0.15) is 54.4 Å². The van der Waals surface area contributed by atoms with Gasteiger partial charge in [0.2, 0.25) is 0 Å². The summed E-state index contributed by atoms with van der Waals surface area (Å²) in [5.74, 6) is 0.975. The topological polar surface area (TPSA) is 46.3 Å². The SMILES string of the molecule is CCc1occc1C(O)C1CCCc2cccnc21. The van der Waals surface area contributed by atoms with Crippen LogP contribution in [0.3, 0.4) is 0 Å². The summed E-state index contributed by atoms with van der Waals surface area (Å²) in [7, 11) is 0. The predicted molar refractivity (Wildman–Crippen MR) is 73.0 cm³/mol. The van der Waals surface area contributed by atoms with Crippen molar-refractivity contribution in [1.82, 2.24) is 4.98 Å². The van der Waals surface area contributed by atoms with Gasteiger partial charge in [0.15, 0.2) is 0 Å². The zero-order valence-electron chi connectivity index (χ0n) is 11.2. The molecule has 0 spiro atoms. The summed E-state index contributed by atoms with van der Waals surface area (Å²) in [5.41, 5.74) is 3.26. The molecular formula is C16H19NO2. The van der Waals surface area contributed by atoms with Crippen molar-refractivity contribution in [2.75, 3.05) is 0 Å². The number of aryl methyl sites for hydroxylation is 2. The van der Waals surface area contributed by atoms with E-state index >= 15 is 0 Å². The number of fused-ring (bicyclic) bond motifs is 1. The van der Waals surface area contributed by atoms with Crippen molar-refractivity contribution in [2.45, 2.75) is 44.6 Å². The van der Waals surface area contributed by atoms with Crippen LogP contribution in [-0.2, 0) is 12.8 Å². The molecule has 1 N–H and O–H groups in total. The number of hydrogen-bond acceptors (Lipinski definition) is 3. The molecule has 2 atom stereocenters. The predicted octanol–water partition coefficient (Wildman–Crippen LogP) is 3.39. The van der Waals surface area contributed by atoms with Crippen molar-refractivity contribution in [2.24, 2.45) is 0 Å². The van der Waals surface area contributed by atoms with Gasteiger partial charge in [-0.25, -0.2) is 0 Å². The highest BCUT2D eigenvalue weighted by Crippen LogP contribution is 2.40. The van der Waals surface area contributed by atoms with Crippen molar-refractivity contribution < 1.29 is 9.52 Å². The van der Waals surface area contributed by atoms with Gasteiger partial charge in [-0.15, -0.1) is 0 Å². The zero-order chi connectivity index (χ0) is 13.2. The Kier molecular flexibility index (Phi) is 3.38. The van der Waals surface area contributed by atoms with Gasteiger partial charge in [-0.1, -0.05) is 13.0 Å². The molecule has 19 heavy (non-hydrogen) atoms. The maximum atomic E-state index is 10.7. The normalized spacial score (nSPS) is 20.0. The maximum Gasteiger partial charge on any atom is 0.109 e. The Morgan fingerprint density at radius 2 is 2.37 bits per heavy atom. The fourth-order valence-corrected chi connectivity index (χ4v) is 3.07. The van der Waals surface area contributed by atoms with E-state index in [0.717, 1.165) is 42.7 Å². The molecule has 100 valence electrons. The molecule has 2 aromatic heterocycles. The van der Waals surface area contributed by atoms with Crippen LogP contribution in [0.15, 0.2) is 35.1 Å². The van der Waals surface area contributed by atoms with Crippen LogP contribution in [0.25, 0.3) is 0 Å². The Bertz CT molecular complexity index is 561. The van der Waals surface area contributed by atoms with Gasteiger partial charge in [0.1, 0.15) is 5.76 Å². The lowest BCUT2D eigenvalue weighted by molar-refractivity contribution is 0.132. The van der Waals surface area contributed by atoms with Crippen molar-refractivity contribution in [3.8, 4) is 0 Å². The molecule has 0 saturated heterocycles. The van der Waals surface area contributed by atoms with Gasteiger partial charge in [0.05, 0.1) is 12.4 Å². The van der Waals surface area contributed by atoms with E-state index in [4.69, 9.17) is 4.42 Å². The average molecular weight is 257 g/mol. The number of aromatic nitrogens is 1. The van der Waals surface area contributed by atoms with Crippen molar-refractivity contribution in [3.63, 3.8) is 0 Å². The standard InChI is InChI=1S/C16H19NO2/c1-2-14-12(8-10-19-14)16(18)13-7-3-5-11-6-4-9-17-15(11)13/h4,6,8-10,13,16,18H,2-3,5,7H2,1H3. The summed E-state index contributed by atoms with van der Waals surface area (Å²) in [5, 5.41) is 10.7. The summed E-state index contributed by atoms with van der Waals surface area (Å²) in [6, 6.07) is 5.99. The summed E-state index contributed by atoms with van der Waals surface area (Å²) in [4.78, 5) is 4.50. The third-order valence-corrected chi connectivity index (χ3v) is 4.04. The van der Waals surface area contributed by atoms with E-state index in [2.05, 4.69) is 11.1 Å². The molecule has 3 rings (SSSR count). The highest BCUT2D eigenvalue weighted by atomic mass is 16.3. The number of pyridine rings is 1. The molecule has 0 fully saturated rings. The second kappa shape index (κ2) is 5.17. The molecule has 2 unspecified atom stereocenters. The Balaban J connectivity index is 1.95. The quantitative estimate of drug-likeness (QED) is 0.916. The lowest BCUT2D eigenvalue weighted by Gasteiger charge is -2.28. The Hall–Kier alpha value is -1.61. The van der Waals surface area contributed by atoms with Gasteiger partial charge < -0.3 is 9.52 Å². The fourth-order valence-electron chi connectivity index (χ4n) is 3.07. The number of aliphatic hydroxyl groups excluding tert-OH is 1. The molecule has 2 heterocycles. The Labute approximate surface area is 113 Å². The molecule has 3 heteroatoms. The van der Waals surface area contributed by atoms with Crippen molar-refractivity contribution >= 4 is 0 Å². The molecule has 2 aromatic rings. The minimum Gasteiger partial charge on any atom is -0.469 e. The molecule has 0 saturated carbocycles. The van der Waals surface area contributed by atoms with E-state index in [1.165, 1.54) is 5.56 Å². The maximum absolute atomic E-state index is 10.7. The van der Waals surface area contributed by atoms with Gasteiger partial charge in [-0.3, -0.25) is 4.98 Å². The van der Waals surface area contributed by atoms with E-state index in [1.54, 1.807) is 6.26 Å². The van der Waals surface area contributed by atoms with Crippen LogP contribution in [0, 0.1) is 0 Å². The molecule has 1 aliphatic carbocycles. The van der Waals surface area contributed by atoms with Crippen molar-refractivity contribution in [3.05, 3.63) is 53.2 Å². The van der Waals surface area contributed by atoms with Crippen LogP contribution in [-0.4, -0.2) is 10.1 Å². The molecule has 0 aromatic carbocycles. The van der Waals surface area contributed by atoms with Crippen LogP contribution in [0.4, 0.5) is 0 Å². The van der Waals surface area contributed by atoms with E-state index in [1.807, 2.05) is 25.3 Å². The van der Waals surface area contributed by atoms with Crippen molar-refractivity contribution in [1.29, 1.82) is 0 Å². The largest absolute Gasteiger partial charge is 0.469 e. The fraction of sp³-hybridized carbons (Fsp3) is 0.438. The zero-order valence-corrected chi connectivity index (χ0v) is 11.2. The van der Waals surface area contributed by atoms with Gasteiger partial charge in [-0.2, -0.15) is 0 Å². The number of hydrogen-bond donors (Lipinski definition) is 1. The molecule has 0 radical (unpaired) electrons. The Morgan fingerprint density at radius 3 is 3.21 bits per heavy atom. The average Bonchev–Trinajstić information content (AvgIpc) is 2.94. The lowest BCUT2D eigenvalue weighted by Crippen LogP contribution is -2.19. The second-order valence-electron chi connectivity index (χ2n) is 5.14. The van der Waals surface area contributed by atoms with Crippen LogP contribution in [0.5, 0.6) is 0 Å². The molecule has 0 amide bonds. The van der Waals surface area contributed by atoms with Crippen LogP contribution >= 0.6 is 0 Å². The number of furan rings is 1. The smallest absolute Gasteiger partial charge is 0.109 e. The first kappa shape index (κ1) is 12.4. The Morgan fingerprint density at radius 1 is 1.47 bits per heavy atom. The van der Waals surface area contributed by atoms with Crippen LogP contribution in [0.2, 0.25) is 0 Å². The summed E-state index contributed by atoms with van der Waals surface area (Å²) < 4.78 is 5.43. The third-order valence-electron chi connectivity index (χ3n) is 4.04. The first-order valence-corrected chi connectivity index (χ1v) is 6.99. The second-order valence-corrected chi connectivity index (χ2v) is 5.14. The molecular weight excluding hydrogens is 238 g/mol. The summed E-state index contributed by atoms with van der Waals surface area (Å²) in [6.45, 7) is 2.04. The van der Waals surface area contributed by atoms with Gasteiger partial charge in [-0.05, 0) is 37.0 Å². The molecule has 3 nitrogen and oxygen atoms in total. The molecule has 1 aliphatic rings. The van der Waals surface area contributed by atoms with Crippen LogP contribution < -0.4 is 0 Å². The monoisotopic (exact) mass is 257 g/mol. The number of rotatable bonds is 3. The highest BCUT2D eigenvalue weighted by molar-refractivity contribution is 5.31. The van der Waals surface area contributed by atoms with E-state index < -0.39 is 6.10 Å². The number of aliphatic hydroxyl groups is 1. The summed E-state index contributed by atoms with van der Waals surface area (Å²) in [6.07, 6.45) is 6.95. The number of nitrogens with zero attached hydrogens (tertiary/aromatic N) is 1. The van der Waals surface area contributed by atoms with E-state index in [-0.39, 0.29) is 5.92 Å². The summed E-state index contributed by atoms with van der Waals surface area (Å²) >= 11 is 0. The first-order chi connectivity index (χ1) is 9.31. The lowest BCUT2D eigenvalue weighted by atomic mass is 9.81. The minimum absolute atomic E-state index is 0.0906. The van der Waals surface area contributed by atoms with Gasteiger partial charge in [0.25, 0.3) is 0 Å². The molecule has 0 bridgehead atoms. The first-order valence-electron chi connectivity index (χ1n) is 6.99.